The number of anilines is 3. The average molecular weight is 372 g/mol. The summed E-state index contributed by atoms with van der Waals surface area (Å²) in [4.78, 5) is 15.7. The zero-order valence-corrected chi connectivity index (χ0v) is 16.1. The number of hydrogen-bond acceptors (Lipinski definition) is 4. The summed E-state index contributed by atoms with van der Waals surface area (Å²) in [6.45, 7) is 0. The highest BCUT2D eigenvalue weighted by Gasteiger charge is 2.19. The van der Waals surface area contributed by atoms with Crippen LogP contribution in [0.1, 0.15) is 15.2 Å². The molecule has 1 aromatic heterocycles. The molecule has 27 heavy (non-hydrogen) atoms. The third-order valence-electron chi connectivity index (χ3n) is 4.45. The van der Waals surface area contributed by atoms with Crippen molar-refractivity contribution in [3.05, 3.63) is 89.3 Å². The topological polar surface area (TPSA) is 32.3 Å². The first-order chi connectivity index (χ1) is 13.1. The summed E-state index contributed by atoms with van der Waals surface area (Å²) >= 11 is 1.49. The lowest BCUT2D eigenvalue weighted by Gasteiger charge is -2.12. The second kappa shape index (κ2) is 7.25. The van der Waals surface area contributed by atoms with Gasteiger partial charge in [0.25, 0.3) is 0 Å². The summed E-state index contributed by atoms with van der Waals surface area (Å²) in [6, 6.07) is 26.0. The fourth-order valence-corrected chi connectivity index (χ4v) is 4.18. The Morgan fingerprint density at radius 2 is 1.56 bits per heavy atom. The zero-order chi connectivity index (χ0) is 18.8. The van der Waals surface area contributed by atoms with Gasteiger partial charge in [0.1, 0.15) is 4.88 Å². The van der Waals surface area contributed by atoms with E-state index in [1.54, 1.807) is 0 Å². The summed E-state index contributed by atoms with van der Waals surface area (Å²) in [5.74, 6) is 0.0517. The first-order valence-corrected chi connectivity index (χ1v) is 9.60. The molecular formula is C23H20N2OS. The molecule has 1 heterocycles. The molecule has 1 N–H and O–H groups in total. The molecule has 0 aliphatic rings. The van der Waals surface area contributed by atoms with Crippen LogP contribution in [0.25, 0.3) is 10.8 Å². The predicted molar refractivity (Wildman–Crippen MR) is 116 cm³/mol. The van der Waals surface area contributed by atoms with Crippen LogP contribution in [-0.4, -0.2) is 19.9 Å². The van der Waals surface area contributed by atoms with Gasteiger partial charge in [-0.2, -0.15) is 0 Å². The number of carbonyl (C=O) groups excluding carboxylic acids is 1. The van der Waals surface area contributed by atoms with E-state index in [1.165, 1.54) is 22.1 Å². The Kier molecular flexibility index (Phi) is 4.65. The lowest BCUT2D eigenvalue weighted by molar-refractivity contribution is 0.104. The molecule has 0 unspecified atom stereocenters. The quantitative estimate of drug-likeness (QED) is 0.440. The van der Waals surface area contributed by atoms with Crippen LogP contribution in [0.2, 0.25) is 0 Å². The third-order valence-corrected chi connectivity index (χ3v) is 5.49. The third kappa shape index (κ3) is 3.57. The maximum atomic E-state index is 13.0. The van der Waals surface area contributed by atoms with Crippen molar-refractivity contribution in [2.24, 2.45) is 0 Å². The number of benzene rings is 3. The molecule has 0 atom stereocenters. The minimum Gasteiger partial charge on any atom is -0.376 e. The number of fused-ring (bicyclic) bond motifs is 1. The van der Waals surface area contributed by atoms with Crippen molar-refractivity contribution < 1.29 is 4.79 Å². The van der Waals surface area contributed by atoms with Gasteiger partial charge in [0, 0.05) is 25.3 Å². The van der Waals surface area contributed by atoms with E-state index >= 15 is 0 Å². The van der Waals surface area contributed by atoms with Crippen LogP contribution < -0.4 is 10.2 Å². The molecule has 0 saturated carbocycles. The fourth-order valence-electron chi connectivity index (χ4n) is 3.07. The first kappa shape index (κ1) is 17.3. The molecule has 0 radical (unpaired) electrons. The molecule has 4 aromatic rings. The number of rotatable bonds is 5. The Hall–Kier alpha value is -3.11. The van der Waals surface area contributed by atoms with E-state index in [1.807, 2.05) is 67.5 Å². The molecule has 0 saturated heterocycles. The van der Waals surface area contributed by atoms with Gasteiger partial charge in [0.15, 0.2) is 0 Å². The van der Waals surface area contributed by atoms with E-state index < -0.39 is 0 Å². The summed E-state index contributed by atoms with van der Waals surface area (Å²) in [5.41, 5.74) is 2.65. The van der Waals surface area contributed by atoms with E-state index in [0.717, 1.165) is 21.3 Å². The summed E-state index contributed by atoms with van der Waals surface area (Å²) in [7, 11) is 3.92. The van der Waals surface area contributed by atoms with Gasteiger partial charge in [-0.15, -0.1) is 11.3 Å². The number of ketones is 1. The van der Waals surface area contributed by atoms with Crippen LogP contribution in [0.3, 0.4) is 0 Å². The smallest absolute Gasteiger partial charge is 0.205 e. The fraction of sp³-hybridized carbons (Fsp3) is 0.0870. The molecule has 0 bridgehead atoms. The van der Waals surface area contributed by atoms with E-state index in [2.05, 4.69) is 35.6 Å². The summed E-state index contributed by atoms with van der Waals surface area (Å²) < 4.78 is 0. The molecule has 0 aliphatic heterocycles. The lowest BCUT2D eigenvalue weighted by atomic mass is 10.1. The van der Waals surface area contributed by atoms with Crippen molar-refractivity contribution in [3.8, 4) is 0 Å². The van der Waals surface area contributed by atoms with Crippen molar-refractivity contribution in [3.63, 3.8) is 0 Å². The van der Waals surface area contributed by atoms with Gasteiger partial charge < -0.3 is 10.2 Å². The van der Waals surface area contributed by atoms with Gasteiger partial charge in [-0.3, -0.25) is 4.79 Å². The van der Waals surface area contributed by atoms with Crippen LogP contribution in [-0.2, 0) is 0 Å². The van der Waals surface area contributed by atoms with Gasteiger partial charge >= 0.3 is 0 Å². The molecule has 134 valence electrons. The highest BCUT2D eigenvalue weighted by atomic mass is 32.1. The largest absolute Gasteiger partial charge is 0.376 e. The SMILES string of the molecule is CN(C)c1cc(Nc2ccc3ccccc3c2)sc1C(=O)c1ccccc1. The number of thiophene rings is 1. The lowest BCUT2D eigenvalue weighted by Crippen LogP contribution is -2.12. The molecule has 3 nitrogen and oxygen atoms in total. The predicted octanol–water partition coefficient (Wildman–Crippen LogP) is 5.94. The van der Waals surface area contributed by atoms with E-state index in [9.17, 15) is 4.79 Å². The maximum absolute atomic E-state index is 13.0. The molecule has 0 aliphatic carbocycles. The highest BCUT2D eigenvalue weighted by molar-refractivity contribution is 7.18. The second-order valence-corrected chi connectivity index (χ2v) is 7.65. The molecular weight excluding hydrogens is 352 g/mol. The van der Waals surface area contributed by atoms with Crippen molar-refractivity contribution in [2.45, 2.75) is 0 Å². The Bertz CT molecular complexity index is 1100. The van der Waals surface area contributed by atoms with Gasteiger partial charge in [-0.1, -0.05) is 60.7 Å². The molecule has 4 rings (SSSR count). The molecule has 0 fully saturated rings. The van der Waals surface area contributed by atoms with Gasteiger partial charge in [-0.25, -0.2) is 0 Å². The highest BCUT2D eigenvalue weighted by Crippen LogP contribution is 2.36. The normalized spacial score (nSPS) is 10.7. The van der Waals surface area contributed by atoms with Crippen molar-refractivity contribution in [1.29, 1.82) is 0 Å². The number of nitrogens with one attached hydrogen (secondary N) is 1. The number of hydrogen-bond donors (Lipinski definition) is 1. The van der Waals surface area contributed by atoms with Crippen LogP contribution in [0.15, 0.2) is 78.9 Å². The second-order valence-electron chi connectivity index (χ2n) is 6.60. The molecule has 0 amide bonds. The van der Waals surface area contributed by atoms with Crippen LogP contribution in [0, 0.1) is 0 Å². The number of carbonyl (C=O) groups is 1. The Morgan fingerprint density at radius 3 is 2.30 bits per heavy atom. The van der Waals surface area contributed by atoms with E-state index in [0.29, 0.717) is 5.56 Å². The van der Waals surface area contributed by atoms with E-state index in [4.69, 9.17) is 0 Å². The van der Waals surface area contributed by atoms with Gasteiger partial charge in [-0.05, 0) is 29.0 Å². The van der Waals surface area contributed by atoms with Crippen molar-refractivity contribution in [2.75, 3.05) is 24.3 Å². The number of nitrogens with zero attached hydrogens (tertiary/aromatic N) is 1. The van der Waals surface area contributed by atoms with Crippen LogP contribution in [0.5, 0.6) is 0 Å². The molecule has 4 heteroatoms. The Morgan fingerprint density at radius 1 is 0.852 bits per heavy atom. The summed E-state index contributed by atoms with van der Waals surface area (Å²) in [5, 5.41) is 6.81. The van der Waals surface area contributed by atoms with Gasteiger partial charge in [0.2, 0.25) is 5.78 Å². The van der Waals surface area contributed by atoms with Gasteiger partial charge in [0.05, 0.1) is 10.7 Å². The summed E-state index contributed by atoms with van der Waals surface area (Å²) in [6.07, 6.45) is 0. The monoisotopic (exact) mass is 372 g/mol. The van der Waals surface area contributed by atoms with Crippen molar-refractivity contribution >= 4 is 44.3 Å². The maximum Gasteiger partial charge on any atom is 0.205 e. The zero-order valence-electron chi connectivity index (χ0n) is 15.3. The minimum absolute atomic E-state index is 0.0517. The molecule has 0 spiro atoms. The Balaban J connectivity index is 1.68. The van der Waals surface area contributed by atoms with E-state index in [-0.39, 0.29) is 5.78 Å². The molecule has 3 aromatic carbocycles. The minimum atomic E-state index is 0.0517. The average Bonchev–Trinajstić information content (AvgIpc) is 3.12. The Labute approximate surface area is 162 Å². The van der Waals surface area contributed by atoms with Crippen LogP contribution >= 0.6 is 11.3 Å². The first-order valence-electron chi connectivity index (χ1n) is 8.78. The van der Waals surface area contributed by atoms with Crippen LogP contribution in [0.4, 0.5) is 16.4 Å². The standard InChI is InChI=1S/C23H20N2OS/c1-25(2)20-15-21(27-23(20)22(26)17-9-4-3-5-10-17)24-19-13-12-16-8-6-7-11-18(16)14-19/h3-15,24H,1-2H3. The van der Waals surface area contributed by atoms with Crippen molar-refractivity contribution in [1.82, 2.24) is 0 Å².